The van der Waals surface area contributed by atoms with E-state index in [1.54, 1.807) is 5.32 Å². The first kappa shape index (κ1) is 15.0. The van der Waals surface area contributed by atoms with Gasteiger partial charge in [-0.05, 0) is 10.2 Å². The lowest BCUT2D eigenvalue weighted by Crippen LogP contribution is -2.40. The maximum absolute atomic E-state index is 12.1. The van der Waals surface area contributed by atoms with Crippen LogP contribution in [0.2, 0.25) is 0 Å². The van der Waals surface area contributed by atoms with Gasteiger partial charge in [-0.25, -0.2) is 0 Å². The summed E-state index contributed by atoms with van der Waals surface area (Å²) in [6.45, 7) is 1.84. The Balaban J connectivity index is 2.01. The summed E-state index contributed by atoms with van der Waals surface area (Å²) >= 11 is 0. The van der Waals surface area contributed by atoms with Gasteiger partial charge < -0.3 is 0 Å². The van der Waals surface area contributed by atoms with Gasteiger partial charge in [0.05, 0.1) is 0 Å². The molecule has 8 heteroatoms. The summed E-state index contributed by atoms with van der Waals surface area (Å²) in [5.74, 6) is -2.45. The monoisotopic (exact) mass is 300 g/mol. The Morgan fingerprint density at radius 1 is 1.38 bits per heavy atom. The summed E-state index contributed by atoms with van der Waals surface area (Å²) in [4.78, 5) is 10.8. The first-order valence-electron chi connectivity index (χ1n) is 6.16. The van der Waals surface area contributed by atoms with Crippen LogP contribution in [-0.4, -0.2) is 17.4 Å². The lowest BCUT2D eigenvalue weighted by molar-refractivity contribution is -0.782. The summed E-state index contributed by atoms with van der Waals surface area (Å²) in [6, 6.07) is 9.41. The number of amides is 1. The van der Waals surface area contributed by atoms with Crippen molar-refractivity contribution in [3.8, 4) is 0 Å². The molecule has 0 saturated heterocycles. The summed E-state index contributed by atoms with van der Waals surface area (Å²) in [5.41, 5.74) is 1.06. The van der Waals surface area contributed by atoms with Gasteiger partial charge >= 0.3 is 18.0 Å². The number of aromatic nitrogens is 2. The number of hydrogen-bond donors (Lipinski definition) is 1. The number of alkyl halides is 3. The minimum atomic E-state index is -4.97. The fourth-order valence-electron chi connectivity index (χ4n) is 1.75. The molecule has 1 aromatic carbocycles. The zero-order chi connectivity index (χ0) is 15.5. The average molecular weight is 300 g/mol. The van der Waals surface area contributed by atoms with Gasteiger partial charge in [0.15, 0.2) is 6.04 Å². The minimum Gasteiger partial charge on any atom is -0.282 e. The van der Waals surface area contributed by atoms with Gasteiger partial charge in [0.1, 0.15) is 0 Å². The molecule has 1 N–H and O–H groups in total. The van der Waals surface area contributed by atoms with Crippen LogP contribution in [0.3, 0.4) is 0 Å². The number of hydrogen-bond acceptors (Lipinski definition) is 3. The van der Waals surface area contributed by atoms with E-state index in [0.29, 0.717) is 6.42 Å². The standard InChI is InChI=1S/C13H12F3N3O2/c1-9(7-10-5-3-2-4-6-10)19-8-11(21-18-19)17-12(20)13(14,15)16/h2-6,8-9H,7H2,1H3/p+1. The summed E-state index contributed by atoms with van der Waals surface area (Å²) < 4.78 is 42.4. The van der Waals surface area contributed by atoms with Crippen LogP contribution in [-0.2, 0) is 11.2 Å². The maximum atomic E-state index is 12.1. The second-order valence-corrected chi connectivity index (χ2v) is 4.54. The molecule has 5 nitrogen and oxygen atoms in total. The highest BCUT2D eigenvalue weighted by Crippen LogP contribution is 2.17. The van der Waals surface area contributed by atoms with E-state index in [4.69, 9.17) is 0 Å². The molecule has 0 spiro atoms. The van der Waals surface area contributed by atoms with E-state index >= 15 is 0 Å². The van der Waals surface area contributed by atoms with Gasteiger partial charge in [-0.1, -0.05) is 30.3 Å². The fraction of sp³-hybridized carbons (Fsp3) is 0.308. The highest BCUT2D eigenvalue weighted by molar-refractivity contribution is 5.93. The summed E-state index contributed by atoms with van der Waals surface area (Å²) in [7, 11) is 0. The first-order chi connectivity index (χ1) is 9.86. The van der Waals surface area contributed by atoms with Crippen molar-refractivity contribution < 1.29 is 27.2 Å². The molecule has 1 amide bonds. The van der Waals surface area contributed by atoms with Crippen LogP contribution in [0.4, 0.5) is 19.1 Å². The van der Waals surface area contributed by atoms with Crippen molar-refractivity contribution in [2.75, 3.05) is 5.32 Å². The third-order valence-electron chi connectivity index (χ3n) is 2.80. The van der Waals surface area contributed by atoms with E-state index in [2.05, 4.69) is 9.79 Å². The second-order valence-electron chi connectivity index (χ2n) is 4.54. The van der Waals surface area contributed by atoms with Crippen LogP contribution < -0.4 is 10.00 Å². The molecule has 1 unspecified atom stereocenters. The first-order valence-corrected chi connectivity index (χ1v) is 6.16. The van der Waals surface area contributed by atoms with Crippen LogP contribution in [0.25, 0.3) is 0 Å². The number of carbonyl (C=O) groups is 1. The third-order valence-corrected chi connectivity index (χ3v) is 2.80. The average Bonchev–Trinajstić information content (AvgIpc) is 2.87. The molecule has 0 aliphatic carbocycles. The van der Waals surface area contributed by atoms with Gasteiger partial charge in [-0.3, -0.25) is 14.6 Å². The number of nitrogens with zero attached hydrogens (tertiary/aromatic N) is 2. The largest absolute Gasteiger partial charge is 0.471 e. The molecule has 0 saturated carbocycles. The van der Waals surface area contributed by atoms with Gasteiger partial charge in [-0.15, -0.1) is 0 Å². The number of carbonyl (C=O) groups excluding carboxylic acids is 1. The Morgan fingerprint density at radius 3 is 2.67 bits per heavy atom. The molecule has 21 heavy (non-hydrogen) atoms. The van der Waals surface area contributed by atoms with E-state index < -0.39 is 12.1 Å². The Morgan fingerprint density at radius 2 is 2.05 bits per heavy atom. The molecular weight excluding hydrogens is 287 g/mol. The quantitative estimate of drug-likeness (QED) is 0.881. The van der Waals surface area contributed by atoms with Crippen molar-refractivity contribution in [3.63, 3.8) is 0 Å². The Hall–Kier alpha value is -2.38. The van der Waals surface area contributed by atoms with Crippen LogP contribution in [0.1, 0.15) is 18.5 Å². The van der Waals surface area contributed by atoms with Crippen LogP contribution in [0.5, 0.6) is 0 Å². The normalized spacial score (nSPS) is 13.0. The number of anilines is 1. The zero-order valence-electron chi connectivity index (χ0n) is 11.1. The van der Waals surface area contributed by atoms with E-state index in [-0.39, 0.29) is 11.9 Å². The summed E-state index contributed by atoms with van der Waals surface area (Å²) in [6.07, 6.45) is -3.12. The lowest BCUT2D eigenvalue weighted by Gasteiger charge is -2.02. The summed E-state index contributed by atoms with van der Waals surface area (Å²) in [5, 5.41) is 5.21. The highest BCUT2D eigenvalue weighted by atomic mass is 19.4. The van der Waals surface area contributed by atoms with Crippen molar-refractivity contribution in [2.24, 2.45) is 0 Å². The number of rotatable bonds is 4. The topological polar surface area (TPSA) is 59.0 Å². The van der Waals surface area contributed by atoms with Gasteiger partial charge in [0, 0.05) is 13.3 Å². The Bertz CT molecular complexity index is 611. The molecule has 2 aromatic rings. The smallest absolute Gasteiger partial charge is 0.282 e. The van der Waals surface area contributed by atoms with E-state index in [9.17, 15) is 18.0 Å². The van der Waals surface area contributed by atoms with Gasteiger partial charge in [0.25, 0.3) is 6.20 Å². The van der Waals surface area contributed by atoms with Crippen molar-refractivity contribution in [3.05, 3.63) is 42.1 Å². The number of benzene rings is 1. The van der Waals surface area contributed by atoms with Crippen LogP contribution >= 0.6 is 0 Å². The Kier molecular flexibility index (Phi) is 4.25. The fourth-order valence-corrected chi connectivity index (χ4v) is 1.75. The molecule has 2 rings (SSSR count). The molecule has 1 heterocycles. The van der Waals surface area contributed by atoms with E-state index in [1.807, 2.05) is 37.3 Å². The number of halogens is 3. The predicted octanol–water partition coefficient (Wildman–Crippen LogP) is 2.27. The predicted molar refractivity (Wildman–Crippen MR) is 66.2 cm³/mol. The van der Waals surface area contributed by atoms with Crippen LogP contribution in [0.15, 0.2) is 41.1 Å². The zero-order valence-corrected chi connectivity index (χ0v) is 11.1. The van der Waals surface area contributed by atoms with Crippen molar-refractivity contribution in [1.29, 1.82) is 0 Å². The van der Waals surface area contributed by atoms with Gasteiger partial charge in [-0.2, -0.15) is 13.2 Å². The van der Waals surface area contributed by atoms with E-state index in [0.717, 1.165) is 5.56 Å². The molecule has 1 atom stereocenters. The van der Waals surface area contributed by atoms with Crippen LogP contribution in [0, 0.1) is 0 Å². The molecule has 0 aliphatic heterocycles. The van der Waals surface area contributed by atoms with E-state index in [1.165, 1.54) is 10.9 Å². The minimum absolute atomic E-state index is 0.132. The molecule has 0 aliphatic rings. The molecule has 0 radical (unpaired) electrons. The molecular formula is C13H13F3N3O2+. The maximum Gasteiger partial charge on any atom is 0.471 e. The number of nitrogens with one attached hydrogen (secondary N) is 1. The van der Waals surface area contributed by atoms with Crippen molar-refractivity contribution in [1.82, 2.24) is 5.27 Å². The van der Waals surface area contributed by atoms with Gasteiger partial charge in [0.2, 0.25) is 5.27 Å². The molecule has 1 aromatic heterocycles. The SMILES string of the molecule is CC(Cc1ccccc1)[n+]1cc(NC(=O)C(F)(F)F)on1. The third kappa shape index (κ3) is 4.04. The highest BCUT2D eigenvalue weighted by Gasteiger charge is 2.40. The van der Waals surface area contributed by atoms with Crippen molar-refractivity contribution >= 4 is 11.8 Å². The molecule has 112 valence electrons. The second kappa shape index (κ2) is 5.94. The Labute approximate surface area is 118 Å². The van der Waals surface area contributed by atoms with Crippen molar-refractivity contribution in [2.45, 2.75) is 25.6 Å². The molecule has 0 fully saturated rings. The lowest BCUT2D eigenvalue weighted by atomic mass is 10.1. The molecule has 0 bridgehead atoms.